The van der Waals surface area contributed by atoms with Crippen LogP contribution in [0.1, 0.15) is 45.1 Å². The molecule has 1 saturated carbocycles. The van der Waals surface area contributed by atoms with Crippen molar-refractivity contribution in [2.45, 2.75) is 44.9 Å². The Labute approximate surface area is 92.1 Å². The Morgan fingerprint density at radius 1 is 1.07 bits per heavy atom. The maximum absolute atomic E-state index is 9.32. The van der Waals surface area contributed by atoms with E-state index in [9.17, 15) is 5.11 Å². The predicted molar refractivity (Wildman–Crippen MR) is 63.1 cm³/mol. The van der Waals surface area contributed by atoms with Crippen molar-refractivity contribution in [2.24, 2.45) is 5.92 Å². The zero-order chi connectivity index (χ0) is 10.9. The fourth-order valence-electron chi connectivity index (χ4n) is 3.00. The third-order valence-electron chi connectivity index (χ3n) is 4.04. The Morgan fingerprint density at radius 2 is 1.60 bits per heavy atom. The molecule has 1 aromatic rings. The number of hydrogen-bond acceptors (Lipinski definition) is 1. The van der Waals surface area contributed by atoms with Crippen molar-refractivity contribution in [3.63, 3.8) is 0 Å². The molecule has 1 N–H and O–H groups in total. The molecule has 0 heterocycles. The summed E-state index contributed by atoms with van der Waals surface area (Å²) in [5, 5.41) is 9.32. The minimum atomic E-state index is 0.369. The molecule has 0 amide bonds. The molecule has 0 atom stereocenters. The van der Waals surface area contributed by atoms with E-state index in [1.54, 1.807) is 0 Å². The van der Waals surface area contributed by atoms with Gasteiger partial charge in [0.2, 0.25) is 0 Å². The first-order chi connectivity index (χ1) is 7.15. The molecule has 15 heavy (non-hydrogen) atoms. The average Bonchev–Trinajstić information content (AvgIpc) is 2.69. The van der Waals surface area contributed by atoms with Gasteiger partial charge in [-0.2, -0.15) is 0 Å². The molecule has 2 rings (SSSR count). The van der Waals surface area contributed by atoms with Gasteiger partial charge in [0.25, 0.3) is 0 Å². The third kappa shape index (κ3) is 1.75. The molecule has 0 bridgehead atoms. The maximum Gasteiger partial charge on any atom is 0.115 e. The first-order valence-electron chi connectivity index (χ1n) is 5.95. The SMILES string of the molecule is CC(C)C1(c2ccc(O)cc2)CCCC1. The van der Waals surface area contributed by atoms with Gasteiger partial charge in [-0.05, 0) is 41.9 Å². The van der Waals surface area contributed by atoms with Crippen LogP contribution in [0.2, 0.25) is 0 Å². The van der Waals surface area contributed by atoms with Crippen LogP contribution in [-0.2, 0) is 5.41 Å². The fraction of sp³-hybridized carbons (Fsp3) is 0.571. The molecule has 0 spiro atoms. The number of rotatable bonds is 2. The highest BCUT2D eigenvalue weighted by Crippen LogP contribution is 2.46. The van der Waals surface area contributed by atoms with E-state index in [0.717, 1.165) is 0 Å². The zero-order valence-corrected chi connectivity index (χ0v) is 9.66. The Kier molecular flexibility index (Phi) is 2.72. The lowest BCUT2D eigenvalue weighted by molar-refractivity contribution is 0.314. The topological polar surface area (TPSA) is 20.2 Å². The number of aromatic hydroxyl groups is 1. The number of phenols is 1. The van der Waals surface area contributed by atoms with E-state index in [-0.39, 0.29) is 0 Å². The van der Waals surface area contributed by atoms with Crippen LogP contribution in [0.5, 0.6) is 5.75 Å². The Hall–Kier alpha value is -0.980. The van der Waals surface area contributed by atoms with Crippen LogP contribution in [0, 0.1) is 5.92 Å². The van der Waals surface area contributed by atoms with Gasteiger partial charge in [-0.25, -0.2) is 0 Å². The van der Waals surface area contributed by atoms with Gasteiger partial charge in [-0.15, -0.1) is 0 Å². The van der Waals surface area contributed by atoms with E-state index in [1.807, 2.05) is 12.1 Å². The molecule has 1 fully saturated rings. The highest BCUT2D eigenvalue weighted by Gasteiger charge is 2.38. The van der Waals surface area contributed by atoms with Crippen LogP contribution >= 0.6 is 0 Å². The van der Waals surface area contributed by atoms with E-state index < -0.39 is 0 Å². The van der Waals surface area contributed by atoms with Crippen molar-refractivity contribution < 1.29 is 5.11 Å². The van der Waals surface area contributed by atoms with Crippen molar-refractivity contribution in [3.05, 3.63) is 29.8 Å². The summed E-state index contributed by atoms with van der Waals surface area (Å²) >= 11 is 0. The lowest BCUT2D eigenvalue weighted by Gasteiger charge is -2.34. The van der Waals surface area contributed by atoms with Crippen molar-refractivity contribution in [2.75, 3.05) is 0 Å². The monoisotopic (exact) mass is 204 g/mol. The molecule has 1 heteroatoms. The van der Waals surface area contributed by atoms with Crippen LogP contribution < -0.4 is 0 Å². The normalized spacial score (nSPS) is 19.7. The highest BCUT2D eigenvalue weighted by atomic mass is 16.3. The van der Waals surface area contributed by atoms with E-state index in [4.69, 9.17) is 0 Å². The summed E-state index contributed by atoms with van der Waals surface area (Å²) < 4.78 is 0. The van der Waals surface area contributed by atoms with E-state index in [2.05, 4.69) is 26.0 Å². The van der Waals surface area contributed by atoms with E-state index in [0.29, 0.717) is 17.1 Å². The van der Waals surface area contributed by atoms with E-state index >= 15 is 0 Å². The average molecular weight is 204 g/mol. The van der Waals surface area contributed by atoms with Gasteiger partial charge in [0, 0.05) is 0 Å². The van der Waals surface area contributed by atoms with Crippen molar-refractivity contribution in [1.82, 2.24) is 0 Å². The minimum absolute atomic E-state index is 0.369. The molecule has 1 aromatic carbocycles. The van der Waals surface area contributed by atoms with Crippen molar-refractivity contribution in [1.29, 1.82) is 0 Å². The second kappa shape index (κ2) is 3.88. The van der Waals surface area contributed by atoms with Crippen LogP contribution in [0.4, 0.5) is 0 Å². The highest BCUT2D eigenvalue weighted by molar-refractivity contribution is 5.32. The van der Waals surface area contributed by atoms with Crippen LogP contribution in [0.25, 0.3) is 0 Å². The van der Waals surface area contributed by atoms with Gasteiger partial charge in [0.05, 0.1) is 0 Å². The number of phenolic OH excluding ortho intramolecular Hbond substituents is 1. The Bertz CT molecular complexity index is 318. The van der Waals surface area contributed by atoms with Gasteiger partial charge in [-0.3, -0.25) is 0 Å². The summed E-state index contributed by atoms with van der Waals surface area (Å²) in [4.78, 5) is 0. The van der Waals surface area contributed by atoms with Crippen molar-refractivity contribution >= 4 is 0 Å². The molecule has 1 aliphatic rings. The van der Waals surface area contributed by atoms with E-state index in [1.165, 1.54) is 31.2 Å². The molecule has 0 radical (unpaired) electrons. The summed E-state index contributed by atoms with van der Waals surface area (Å²) in [6.07, 6.45) is 5.29. The molecule has 0 aliphatic heterocycles. The molecule has 0 unspecified atom stereocenters. The first kappa shape index (κ1) is 10.5. The lowest BCUT2D eigenvalue weighted by Crippen LogP contribution is -2.28. The quantitative estimate of drug-likeness (QED) is 0.775. The van der Waals surface area contributed by atoms with Gasteiger partial charge in [0.15, 0.2) is 0 Å². The summed E-state index contributed by atoms with van der Waals surface area (Å²) in [6, 6.07) is 7.83. The van der Waals surface area contributed by atoms with Crippen LogP contribution in [0.15, 0.2) is 24.3 Å². The van der Waals surface area contributed by atoms with Crippen molar-refractivity contribution in [3.8, 4) is 5.75 Å². The standard InChI is InChI=1S/C14H20O/c1-11(2)14(9-3-4-10-14)12-5-7-13(15)8-6-12/h5-8,11,15H,3-4,9-10H2,1-2H3. The van der Waals surface area contributed by atoms with Gasteiger partial charge in [-0.1, -0.05) is 38.8 Å². The third-order valence-corrected chi connectivity index (χ3v) is 4.04. The molecule has 0 saturated heterocycles. The Balaban J connectivity index is 2.36. The number of hydrogen-bond donors (Lipinski definition) is 1. The summed E-state index contributed by atoms with van der Waals surface area (Å²) in [6.45, 7) is 4.64. The van der Waals surface area contributed by atoms with Gasteiger partial charge < -0.3 is 5.11 Å². The summed E-state index contributed by atoms with van der Waals surface area (Å²) in [5.41, 5.74) is 1.78. The predicted octanol–water partition coefficient (Wildman–Crippen LogP) is 3.86. The molecular weight excluding hydrogens is 184 g/mol. The van der Waals surface area contributed by atoms with Gasteiger partial charge in [0.1, 0.15) is 5.75 Å². The molecule has 1 nitrogen and oxygen atoms in total. The maximum atomic E-state index is 9.32. The zero-order valence-electron chi connectivity index (χ0n) is 9.66. The van der Waals surface area contributed by atoms with Gasteiger partial charge >= 0.3 is 0 Å². The summed E-state index contributed by atoms with van der Waals surface area (Å²) in [5.74, 6) is 1.06. The molecule has 0 aromatic heterocycles. The van der Waals surface area contributed by atoms with Crippen LogP contribution in [-0.4, -0.2) is 5.11 Å². The van der Waals surface area contributed by atoms with Crippen LogP contribution in [0.3, 0.4) is 0 Å². The Morgan fingerprint density at radius 3 is 2.07 bits per heavy atom. The second-order valence-electron chi connectivity index (χ2n) is 5.06. The lowest BCUT2D eigenvalue weighted by atomic mass is 9.70. The second-order valence-corrected chi connectivity index (χ2v) is 5.06. The first-order valence-corrected chi connectivity index (χ1v) is 5.95. The smallest absolute Gasteiger partial charge is 0.115 e. The number of benzene rings is 1. The summed E-state index contributed by atoms with van der Waals surface area (Å²) in [7, 11) is 0. The molecular formula is C14H20O. The minimum Gasteiger partial charge on any atom is -0.508 e. The fourth-order valence-corrected chi connectivity index (χ4v) is 3.00. The molecule has 82 valence electrons. The largest absolute Gasteiger partial charge is 0.508 e. The molecule has 1 aliphatic carbocycles.